The van der Waals surface area contributed by atoms with Crippen molar-refractivity contribution in [2.75, 3.05) is 13.1 Å². The molecule has 1 aliphatic heterocycles. The van der Waals surface area contributed by atoms with Crippen LogP contribution in [0.25, 0.3) is 0 Å². The quantitative estimate of drug-likeness (QED) is 0.752. The number of hydrogen-bond acceptors (Lipinski definition) is 2. The second-order valence-corrected chi connectivity index (χ2v) is 4.40. The van der Waals surface area contributed by atoms with Gasteiger partial charge in [-0.2, -0.15) is 0 Å². The van der Waals surface area contributed by atoms with Crippen LogP contribution in [0, 0.1) is 5.92 Å². The van der Waals surface area contributed by atoms with Crippen LogP contribution in [0.4, 0.5) is 0 Å². The van der Waals surface area contributed by atoms with Gasteiger partial charge < -0.3 is 5.11 Å². The van der Waals surface area contributed by atoms with Crippen LogP contribution in [-0.2, 0) is 4.79 Å². The van der Waals surface area contributed by atoms with E-state index in [0.717, 1.165) is 25.4 Å². The van der Waals surface area contributed by atoms with E-state index < -0.39 is 5.97 Å². The minimum Gasteiger partial charge on any atom is -0.481 e. The van der Waals surface area contributed by atoms with Crippen molar-refractivity contribution in [3.63, 3.8) is 0 Å². The lowest BCUT2D eigenvalue weighted by Gasteiger charge is -2.36. The van der Waals surface area contributed by atoms with Crippen molar-refractivity contribution in [3.8, 4) is 0 Å². The predicted octanol–water partition coefficient (Wildman–Crippen LogP) is 1.97. The highest BCUT2D eigenvalue weighted by atomic mass is 16.4. The standard InChI is InChI=1S/C11H21NO2/c1-3-10(7-11(13)14)12-6-4-5-9(2)8-12/h9-10H,3-8H2,1-2H3,(H,13,14). The van der Waals surface area contributed by atoms with Crippen molar-refractivity contribution < 1.29 is 9.90 Å². The Kier molecular flexibility index (Phi) is 4.39. The summed E-state index contributed by atoms with van der Waals surface area (Å²) in [6.07, 6.45) is 3.75. The number of piperidine rings is 1. The van der Waals surface area contributed by atoms with Gasteiger partial charge in [-0.1, -0.05) is 13.8 Å². The zero-order valence-corrected chi connectivity index (χ0v) is 9.20. The summed E-state index contributed by atoms with van der Waals surface area (Å²) in [6.45, 7) is 6.48. The van der Waals surface area contributed by atoms with Crippen LogP contribution in [-0.4, -0.2) is 35.1 Å². The number of hydrogen-bond donors (Lipinski definition) is 1. The fraction of sp³-hybridized carbons (Fsp3) is 0.909. The molecule has 0 bridgehead atoms. The Morgan fingerprint density at radius 3 is 2.86 bits per heavy atom. The van der Waals surface area contributed by atoms with Gasteiger partial charge in [-0.3, -0.25) is 9.69 Å². The van der Waals surface area contributed by atoms with Crippen LogP contribution in [0.3, 0.4) is 0 Å². The van der Waals surface area contributed by atoms with E-state index in [1.807, 2.05) is 0 Å². The van der Waals surface area contributed by atoms with E-state index in [0.29, 0.717) is 6.42 Å². The Hall–Kier alpha value is -0.570. The maximum atomic E-state index is 10.7. The monoisotopic (exact) mass is 199 g/mol. The average molecular weight is 199 g/mol. The SMILES string of the molecule is CCC(CC(=O)O)N1CCCC(C)C1. The summed E-state index contributed by atoms with van der Waals surface area (Å²) >= 11 is 0. The molecule has 0 spiro atoms. The molecule has 2 unspecified atom stereocenters. The molecule has 2 atom stereocenters. The molecule has 1 saturated heterocycles. The van der Waals surface area contributed by atoms with Crippen LogP contribution in [0.15, 0.2) is 0 Å². The van der Waals surface area contributed by atoms with Crippen molar-refractivity contribution >= 4 is 5.97 Å². The number of likely N-dealkylation sites (tertiary alicyclic amines) is 1. The van der Waals surface area contributed by atoms with Gasteiger partial charge in [0.2, 0.25) is 0 Å². The molecule has 0 aromatic rings. The highest BCUT2D eigenvalue weighted by Crippen LogP contribution is 2.20. The van der Waals surface area contributed by atoms with Gasteiger partial charge in [0.1, 0.15) is 0 Å². The van der Waals surface area contributed by atoms with Gasteiger partial charge in [-0.25, -0.2) is 0 Å². The maximum absolute atomic E-state index is 10.7. The molecule has 0 aromatic carbocycles. The molecule has 3 heteroatoms. The number of carboxylic acids is 1. The van der Waals surface area contributed by atoms with Crippen LogP contribution < -0.4 is 0 Å². The molecule has 1 N–H and O–H groups in total. The van der Waals surface area contributed by atoms with Gasteiger partial charge in [-0.05, 0) is 31.7 Å². The van der Waals surface area contributed by atoms with Gasteiger partial charge in [0.15, 0.2) is 0 Å². The molecule has 1 rings (SSSR count). The van der Waals surface area contributed by atoms with Crippen LogP contribution >= 0.6 is 0 Å². The second kappa shape index (κ2) is 5.35. The minimum absolute atomic E-state index is 0.246. The number of aliphatic carboxylic acids is 1. The van der Waals surface area contributed by atoms with Crippen molar-refractivity contribution in [1.29, 1.82) is 0 Å². The Bertz CT molecular complexity index is 194. The molecule has 0 aliphatic carbocycles. The lowest BCUT2D eigenvalue weighted by molar-refractivity contribution is -0.138. The topological polar surface area (TPSA) is 40.5 Å². The number of rotatable bonds is 4. The Morgan fingerprint density at radius 2 is 2.36 bits per heavy atom. The van der Waals surface area contributed by atoms with Crippen LogP contribution in [0.2, 0.25) is 0 Å². The zero-order chi connectivity index (χ0) is 10.6. The molecule has 0 aromatic heterocycles. The highest BCUT2D eigenvalue weighted by molar-refractivity contribution is 5.67. The van der Waals surface area contributed by atoms with E-state index in [1.54, 1.807) is 0 Å². The van der Waals surface area contributed by atoms with Crippen LogP contribution in [0.1, 0.15) is 39.5 Å². The van der Waals surface area contributed by atoms with Crippen molar-refractivity contribution in [3.05, 3.63) is 0 Å². The summed E-state index contributed by atoms with van der Waals surface area (Å²) < 4.78 is 0. The molecule has 0 amide bonds. The average Bonchev–Trinajstić information content (AvgIpc) is 2.14. The summed E-state index contributed by atoms with van der Waals surface area (Å²) in [5.41, 5.74) is 0. The first-order valence-electron chi connectivity index (χ1n) is 5.59. The van der Waals surface area contributed by atoms with Gasteiger partial charge in [0.25, 0.3) is 0 Å². The number of nitrogens with zero attached hydrogens (tertiary/aromatic N) is 1. The largest absolute Gasteiger partial charge is 0.481 e. The predicted molar refractivity (Wildman–Crippen MR) is 56.3 cm³/mol. The first kappa shape index (κ1) is 11.5. The normalized spacial score (nSPS) is 26.0. The third-order valence-electron chi connectivity index (χ3n) is 3.09. The van der Waals surface area contributed by atoms with Gasteiger partial charge in [0.05, 0.1) is 6.42 Å². The second-order valence-electron chi connectivity index (χ2n) is 4.40. The van der Waals surface area contributed by atoms with E-state index >= 15 is 0 Å². The molecular weight excluding hydrogens is 178 g/mol. The van der Waals surface area contributed by atoms with Gasteiger partial charge in [-0.15, -0.1) is 0 Å². The molecule has 0 saturated carbocycles. The fourth-order valence-corrected chi connectivity index (χ4v) is 2.29. The summed E-state index contributed by atoms with van der Waals surface area (Å²) in [6, 6.07) is 0.246. The first-order chi connectivity index (χ1) is 6.63. The zero-order valence-electron chi connectivity index (χ0n) is 9.20. The van der Waals surface area contributed by atoms with E-state index in [9.17, 15) is 4.79 Å². The first-order valence-corrected chi connectivity index (χ1v) is 5.59. The summed E-state index contributed by atoms with van der Waals surface area (Å²) in [4.78, 5) is 13.0. The van der Waals surface area contributed by atoms with Gasteiger partial charge >= 0.3 is 5.97 Å². The Balaban J connectivity index is 2.46. The number of carbonyl (C=O) groups is 1. The van der Waals surface area contributed by atoms with E-state index in [1.165, 1.54) is 12.8 Å². The number of carboxylic acid groups (broad SMARTS) is 1. The third kappa shape index (κ3) is 3.29. The molecule has 1 fully saturated rings. The van der Waals surface area contributed by atoms with Crippen molar-refractivity contribution in [2.24, 2.45) is 5.92 Å². The van der Waals surface area contributed by atoms with E-state index in [-0.39, 0.29) is 6.04 Å². The Labute approximate surface area is 86.1 Å². The molecule has 14 heavy (non-hydrogen) atoms. The van der Waals surface area contributed by atoms with E-state index in [2.05, 4.69) is 18.7 Å². The molecule has 82 valence electrons. The fourth-order valence-electron chi connectivity index (χ4n) is 2.29. The van der Waals surface area contributed by atoms with Gasteiger partial charge in [0, 0.05) is 12.6 Å². The molecular formula is C11H21NO2. The Morgan fingerprint density at radius 1 is 1.64 bits per heavy atom. The van der Waals surface area contributed by atoms with Crippen molar-refractivity contribution in [1.82, 2.24) is 4.90 Å². The van der Waals surface area contributed by atoms with Crippen LogP contribution in [0.5, 0.6) is 0 Å². The lowest BCUT2D eigenvalue weighted by atomic mass is 9.97. The summed E-state index contributed by atoms with van der Waals surface area (Å²) in [7, 11) is 0. The summed E-state index contributed by atoms with van der Waals surface area (Å²) in [5.74, 6) is 0.0571. The molecule has 1 aliphatic rings. The third-order valence-corrected chi connectivity index (χ3v) is 3.09. The summed E-state index contributed by atoms with van der Waals surface area (Å²) in [5, 5.41) is 8.78. The minimum atomic E-state index is -0.671. The van der Waals surface area contributed by atoms with Crippen molar-refractivity contribution in [2.45, 2.75) is 45.6 Å². The smallest absolute Gasteiger partial charge is 0.304 e. The molecule has 3 nitrogen and oxygen atoms in total. The maximum Gasteiger partial charge on any atom is 0.304 e. The lowest BCUT2D eigenvalue weighted by Crippen LogP contribution is -2.42. The van der Waals surface area contributed by atoms with E-state index in [4.69, 9.17) is 5.11 Å². The highest BCUT2D eigenvalue weighted by Gasteiger charge is 2.24. The molecule has 0 radical (unpaired) electrons. The molecule has 1 heterocycles.